The van der Waals surface area contributed by atoms with Crippen LogP contribution in [0.5, 0.6) is 0 Å². The van der Waals surface area contributed by atoms with E-state index in [9.17, 15) is 9.90 Å². The van der Waals surface area contributed by atoms with Crippen molar-refractivity contribution >= 4 is 38.9 Å². The Morgan fingerprint density at radius 1 is 1.24 bits per heavy atom. The monoisotopic (exact) mass is 427 g/mol. The van der Waals surface area contributed by atoms with Gasteiger partial charge in [0.15, 0.2) is 5.69 Å². The number of nitrogens with two attached hydrogens (primary N) is 1. The third-order valence-electron chi connectivity index (χ3n) is 4.58. The summed E-state index contributed by atoms with van der Waals surface area (Å²) in [6, 6.07) is 9.55. The van der Waals surface area contributed by atoms with Crippen LogP contribution in [0.2, 0.25) is 5.02 Å². The molecule has 0 atom stereocenters. The maximum atomic E-state index is 11.8. The van der Waals surface area contributed by atoms with Crippen LogP contribution >= 0.6 is 22.9 Å². The van der Waals surface area contributed by atoms with E-state index in [0.29, 0.717) is 17.9 Å². The van der Waals surface area contributed by atoms with E-state index in [1.807, 2.05) is 36.4 Å². The number of fused-ring (bicyclic) bond motifs is 1. The fourth-order valence-electron chi connectivity index (χ4n) is 3.06. The standard InChI is InChI=1S/C22H22ClN3O2S/c1-2-3-4-14(11-12-27)5-10-18-17-13-19(15-6-8-16(23)9-7-15)29-21(17)20(22(24)28)26-25-18/h2,5-9,13,27H,1,3-4,10-12H2,(H2,24,28)/b14-5+. The van der Waals surface area contributed by atoms with E-state index in [4.69, 9.17) is 17.3 Å². The molecule has 0 bridgehead atoms. The predicted octanol–water partition coefficient (Wildman–Crippen LogP) is 4.93. The van der Waals surface area contributed by atoms with Crippen LogP contribution < -0.4 is 5.73 Å². The lowest BCUT2D eigenvalue weighted by Gasteiger charge is -2.05. The second-order valence-corrected chi connectivity index (χ2v) is 8.08. The number of aliphatic hydroxyl groups is 1. The Labute approximate surface area is 178 Å². The second kappa shape index (κ2) is 9.78. The number of carbonyl (C=O) groups excluding carboxylic acids is 1. The van der Waals surface area contributed by atoms with Crippen molar-refractivity contribution in [2.45, 2.75) is 25.7 Å². The lowest BCUT2D eigenvalue weighted by atomic mass is 10.0. The van der Waals surface area contributed by atoms with Gasteiger partial charge in [-0.3, -0.25) is 4.79 Å². The van der Waals surface area contributed by atoms with E-state index >= 15 is 0 Å². The Balaban J connectivity index is 2.03. The average Bonchev–Trinajstić information content (AvgIpc) is 3.15. The SMILES string of the molecule is C=CCC/C(=C\Cc1nnc(C(N)=O)c2sc(-c3ccc(Cl)cc3)cc12)CCO. The Hall–Kier alpha value is -2.54. The summed E-state index contributed by atoms with van der Waals surface area (Å²) in [6.07, 6.45) is 6.82. The molecule has 0 unspecified atom stereocenters. The largest absolute Gasteiger partial charge is 0.396 e. The highest BCUT2D eigenvalue weighted by Gasteiger charge is 2.17. The first kappa shape index (κ1) is 21.2. The maximum Gasteiger partial charge on any atom is 0.270 e. The van der Waals surface area contributed by atoms with E-state index in [2.05, 4.69) is 22.9 Å². The first-order valence-electron chi connectivity index (χ1n) is 9.28. The van der Waals surface area contributed by atoms with Crippen LogP contribution in [0.3, 0.4) is 0 Å². The number of aromatic nitrogens is 2. The lowest BCUT2D eigenvalue weighted by Crippen LogP contribution is -2.14. The Morgan fingerprint density at radius 3 is 2.66 bits per heavy atom. The number of halogens is 1. The highest BCUT2D eigenvalue weighted by Crippen LogP contribution is 2.36. The fraction of sp³-hybridized carbons (Fsp3) is 0.227. The number of primary amides is 1. The molecule has 29 heavy (non-hydrogen) atoms. The smallest absolute Gasteiger partial charge is 0.270 e. The molecule has 3 rings (SSSR count). The summed E-state index contributed by atoms with van der Waals surface area (Å²) < 4.78 is 0.732. The lowest BCUT2D eigenvalue weighted by molar-refractivity contribution is 0.0996. The van der Waals surface area contributed by atoms with E-state index in [-0.39, 0.29) is 12.3 Å². The molecule has 2 aromatic heterocycles. The number of thiophene rings is 1. The molecule has 0 aliphatic rings. The van der Waals surface area contributed by atoms with Gasteiger partial charge in [-0.2, -0.15) is 5.10 Å². The summed E-state index contributed by atoms with van der Waals surface area (Å²) in [5, 5.41) is 19.2. The number of rotatable bonds is 9. The van der Waals surface area contributed by atoms with Crippen LogP contribution in [0.25, 0.3) is 20.5 Å². The van der Waals surface area contributed by atoms with Crippen LogP contribution in [0, 0.1) is 0 Å². The van der Waals surface area contributed by atoms with Crippen molar-refractivity contribution in [2.24, 2.45) is 5.73 Å². The Kier molecular flexibility index (Phi) is 7.14. The summed E-state index contributed by atoms with van der Waals surface area (Å²) in [4.78, 5) is 12.8. The van der Waals surface area contributed by atoms with Gasteiger partial charge in [0, 0.05) is 28.3 Å². The first-order valence-corrected chi connectivity index (χ1v) is 10.5. The van der Waals surface area contributed by atoms with E-state index in [1.54, 1.807) is 0 Å². The van der Waals surface area contributed by atoms with Crippen molar-refractivity contribution in [1.82, 2.24) is 10.2 Å². The van der Waals surface area contributed by atoms with Gasteiger partial charge < -0.3 is 10.8 Å². The molecule has 0 aliphatic carbocycles. The molecule has 3 aromatic rings. The van der Waals surface area contributed by atoms with Crippen LogP contribution in [0.4, 0.5) is 0 Å². The van der Waals surface area contributed by atoms with Gasteiger partial charge in [0.2, 0.25) is 0 Å². The Bertz CT molecular complexity index is 1060. The quantitative estimate of drug-likeness (QED) is 0.474. The minimum atomic E-state index is -0.596. The number of allylic oxidation sites excluding steroid dienone is 2. The van der Waals surface area contributed by atoms with Gasteiger partial charge in [0.25, 0.3) is 5.91 Å². The number of amides is 1. The molecule has 150 valence electrons. The topological polar surface area (TPSA) is 89.1 Å². The zero-order valence-corrected chi connectivity index (χ0v) is 17.5. The van der Waals surface area contributed by atoms with Crippen LogP contribution in [0.1, 0.15) is 35.4 Å². The summed E-state index contributed by atoms with van der Waals surface area (Å²) in [5.41, 5.74) is 8.61. The average molecular weight is 428 g/mol. The fourth-order valence-corrected chi connectivity index (χ4v) is 4.36. The number of nitrogens with zero attached hydrogens (tertiary/aromatic N) is 2. The third kappa shape index (κ3) is 5.09. The summed E-state index contributed by atoms with van der Waals surface area (Å²) in [6.45, 7) is 3.85. The normalized spacial score (nSPS) is 11.7. The van der Waals surface area contributed by atoms with Gasteiger partial charge in [-0.25, -0.2) is 0 Å². The molecule has 0 radical (unpaired) electrons. The minimum absolute atomic E-state index is 0.101. The molecule has 7 heteroatoms. The Morgan fingerprint density at radius 2 is 2.00 bits per heavy atom. The van der Waals surface area contributed by atoms with Crippen molar-refractivity contribution in [3.05, 3.63) is 71.0 Å². The van der Waals surface area contributed by atoms with Crippen LogP contribution in [0.15, 0.2) is 54.6 Å². The van der Waals surface area contributed by atoms with Crippen molar-refractivity contribution in [2.75, 3.05) is 6.61 Å². The van der Waals surface area contributed by atoms with Crippen LogP contribution in [-0.4, -0.2) is 27.8 Å². The number of benzene rings is 1. The van der Waals surface area contributed by atoms with Crippen LogP contribution in [-0.2, 0) is 6.42 Å². The first-order chi connectivity index (χ1) is 14.0. The van der Waals surface area contributed by atoms with Crippen molar-refractivity contribution < 1.29 is 9.90 Å². The molecule has 0 aliphatic heterocycles. The van der Waals surface area contributed by atoms with Crippen molar-refractivity contribution in [1.29, 1.82) is 0 Å². The molecule has 0 saturated heterocycles. The van der Waals surface area contributed by atoms with E-state index < -0.39 is 5.91 Å². The van der Waals surface area contributed by atoms with Gasteiger partial charge in [-0.05, 0) is 43.0 Å². The second-order valence-electron chi connectivity index (χ2n) is 6.59. The zero-order valence-electron chi connectivity index (χ0n) is 15.9. The van der Waals surface area contributed by atoms with Gasteiger partial charge in [0.05, 0.1) is 10.4 Å². The highest BCUT2D eigenvalue weighted by atomic mass is 35.5. The number of aliphatic hydroxyl groups excluding tert-OH is 1. The van der Waals surface area contributed by atoms with E-state index in [1.165, 1.54) is 11.3 Å². The number of hydrogen-bond donors (Lipinski definition) is 2. The minimum Gasteiger partial charge on any atom is -0.396 e. The molecular formula is C22H22ClN3O2S. The van der Waals surface area contributed by atoms with Gasteiger partial charge in [-0.1, -0.05) is 41.5 Å². The number of hydrogen-bond acceptors (Lipinski definition) is 5. The summed E-state index contributed by atoms with van der Waals surface area (Å²) in [7, 11) is 0. The molecule has 1 aromatic carbocycles. The molecule has 0 spiro atoms. The van der Waals surface area contributed by atoms with Crippen molar-refractivity contribution in [3.8, 4) is 10.4 Å². The molecule has 5 nitrogen and oxygen atoms in total. The van der Waals surface area contributed by atoms with Gasteiger partial charge in [0.1, 0.15) is 0 Å². The molecule has 2 heterocycles. The summed E-state index contributed by atoms with van der Waals surface area (Å²) >= 11 is 7.46. The maximum absolute atomic E-state index is 11.8. The predicted molar refractivity (Wildman–Crippen MR) is 119 cm³/mol. The summed E-state index contributed by atoms with van der Waals surface area (Å²) in [5.74, 6) is -0.596. The molecular weight excluding hydrogens is 406 g/mol. The third-order valence-corrected chi connectivity index (χ3v) is 6.02. The van der Waals surface area contributed by atoms with Gasteiger partial charge >= 0.3 is 0 Å². The van der Waals surface area contributed by atoms with E-state index in [0.717, 1.165) is 44.6 Å². The van der Waals surface area contributed by atoms with Gasteiger partial charge in [-0.15, -0.1) is 23.0 Å². The molecule has 0 saturated carbocycles. The van der Waals surface area contributed by atoms with Crippen molar-refractivity contribution in [3.63, 3.8) is 0 Å². The highest BCUT2D eigenvalue weighted by molar-refractivity contribution is 7.22. The molecule has 1 amide bonds. The zero-order chi connectivity index (χ0) is 20.8. The number of carbonyl (C=O) groups is 1. The molecule has 3 N–H and O–H groups in total. The molecule has 0 fully saturated rings.